The van der Waals surface area contributed by atoms with E-state index in [0.29, 0.717) is 11.4 Å². The van der Waals surface area contributed by atoms with E-state index in [4.69, 9.17) is 9.47 Å². The van der Waals surface area contributed by atoms with Gasteiger partial charge in [-0.25, -0.2) is 4.79 Å². The third-order valence-corrected chi connectivity index (χ3v) is 6.87. The third kappa shape index (κ3) is 4.39. The lowest BCUT2D eigenvalue weighted by molar-refractivity contribution is -0.153. The van der Waals surface area contributed by atoms with Crippen molar-refractivity contribution in [2.75, 3.05) is 18.6 Å². The zero-order valence-corrected chi connectivity index (χ0v) is 19.3. The van der Waals surface area contributed by atoms with Crippen LogP contribution >= 0.6 is 11.8 Å². The maximum absolute atomic E-state index is 13.7. The molecule has 33 heavy (non-hydrogen) atoms. The van der Waals surface area contributed by atoms with Gasteiger partial charge in [-0.15, -0.1) is 0 Å². The first-order chi connectivity index (χ1) is 16.1. The van der Waals surface area contributed by atoms with Crippen LogP contribution in [-0.4, -0.2) is 36.4 Å². The number of amides is 1. The number of methoxy groups -OCH3 is 1. The second-order valence-electron chi connectivity index (χ2n) is 7.46. The van der Waals surface area contributed by atoms with Crippen molar-refractivity contribution in [3.8, 4) is 5.75 Å². The molecule has 0 N–H and O–H groups in total. The maximum atomic E-state index is 13.7. The van der Waals surface area contributed by atoms with Gasteiger partial charge in [0.25, 0.3) is 5.91 Å². The quantitative estimate of drug-likeness (QED) is 0.263. The number of hydrogen-bond acceptors (Lipinski definition) is 5. The molecule has 2 atom stereocenters. The van der Waals surface area contributed by atoms with Gasteiger partial charge in [0.1, 0.15) is 5.75 Å². The molecule has 4 rings (SSSR count). The van der Waals surface area contributed by atoms with Crippen LogP contribution in [0.2, 0.25) is 0 Å². The van der Waals surface area contributed by atoms with E-state index < -0.39 is 16.8 Å². The first-order valence-corrected chi connectivity index (χ1v) is 11.5. The Balaban J connectivity index is 1.78. The number of nitrogens with zero attached hydrogens (tertiary/aromatic N) is 1. The Morgan fingerprint density at radius 3 is 2.24 bits per heavy atom. The van der Waals surface area contributed by atoms with Crippen LogP contribution in [0, 0.1) is 0 Å². The Kier molecular flexibility index (Phi) is 6.84. The average Bonchev–Trinajstić information content (AvgIpc) is 2.86. The molecule has 0 unspecified atom stereocenters. The lowest BCUT2D eigenvalue weighted by atomic mass is 9.84. The van der Waals surface area contributed by atoms with E-state index in [1.54, 1.807) is 31.1 Å². The molecule has 168 valence electrons. The minimum Gasteiger partial charge on any atom is -0.497 e. The minimum absolute atomic E-state index is 0.195. The maximum Gasteiger partial charge on any atom is 0.334 e. The van der Waals surface area contributed by atoms with Gasteiger partial charge in [0.05, 0.1) is 19.8 Å². The first kappa shape index (κ1) is 22.7. The molecule has 5 nitrogen and oxygen atoms in total. The first-order valence-electron chi connectivity index (χ1n) is 10.7. The zero-order chi connectivity index (χ0) is 23.3. The predicted octanol–water partition coefficient (Wildman–Crippen LogP) is 5.22. The van der Waals surface area contributed by atoms with E-state index >= 15 is 0 Å². The Bertz CT molecular complexity index is 1130. The molecule has 0 aliphatic carbocycles. The van der Waals surface area contributed by atoms with E-state index in [9.17, 15) is 9.59 Å². The molecule has 1 heterocycles. The fourth-order valence-electron chi connectivity index (χ4n) is 3.82. The van der Waals surface area contributed by atoms with E-state index in [0.717, 1.165) is 10.5 Å². The number of ether oxygens (including phenoxy) is 2. The Morgan fingerprint density at radius 2 is 1.64 bits per heavy atom. The Hall–Kier alpha value is -3.51. The highest BCUT2D eigenvalue weighted by Crippen LogP contribution is 2.50. The number of thioether (sulfide) groups is 1. The molecule has 1 amide bonds. The molecule has 0 saturated carbocycles. The summed E-state index contributed by atoms with van der Waals surface area (Å²) < 4.78 is 9.27. The molecule has 3 aromatic carbocycles. The molecule has 1 saturated heterocycles. The van der Waals surface area contributed by atoms with Crippen molar-refractivity contribution >= 4 is 35.4 Å². The molecule has 1 aliphatic rings. The molecule has 6 heteroatoms. The second-order valence-corrected chi connectivity index (χ2v) is 8.78. The molecular formula is C27H25NO4S. The molecule has 0 aromatic heterocycles. The number of carbonyl (C=O) groups is 2. The third-order valence-electron chi connectivity index (χ3n) is 5.45. The van der Waals surface area contributed by atoms with E-state index in [2.05, 4.69) is 0 Å². The summed E-state index contributed by atoms with van der Waals surface area (Å²) in [7, 11) is 1.59. The van der Waals surface area contributed by atoms with Gasteiger partial charge in [-0.05, 0) is 48.9 Å². The van der Waals surface area contributed by atoms with Gasteiger partial charge in [-0.2, -0.15) is 0 Å². The average molecular weight is 460 g/mol. The van der Waals surface area contributed by atoms with Gasteiger partial charge in [0.15, 0.2) is 0 Å². The summed E-state index contributed by atoms with van der Waals surface area (Å²) in [5, 5.41) is 0. The lowest BCUT2D eigenvalue weighted by Gasteiger charge is -2.52. The summed E-state index contributed by atoms with van der Waals surface area (Å²) in [6.45, 7) is 1.94. The zero-order valence-electron chi connectivity index (χ0n) is 18.5. The molecule has 0 radical (unpaired) electrons. The van der Waals surface area contributed by atoms with Crippen LogP contribution < -0.4 is 9.64 Å². The fourth-order valence-corrected chi connectivity index (χ4v) is 5.12. The van der Waals surface area contributed by atoms with Crippen molar-refractivity contribution in [3.63, 3.8) is 0 Å². The van der Waals surface area contributed by atoms with Crippen LogP contribution in [0.3, 0.4) is 0 Å². The second kappa shape index (κ2) is 9.96. The van der Waals surface area contributed by atoms with Gasteiger partial charge < -0.3 is 14.4 Å². The Morgan fingerprint density at radius 1 is 1.00 bits per heavy atom. The van der Waals surface area contributed by atoms with Crippen LogP contribution in [0.4, 0.5) is 5.69 Å². The van der Waals surface area contributed by atoms with E-state index in [1.807, 2.05) is 84.9 Å². The number of β-lactam (4-membered cyclic amide) rings is 1. The van der Waals surface area contributed by atoms with Crippen molar-refractivity contribution in [2.24, 2.45) is 0 Å². The molecule has 3 aromatic rings. The van der Waals surface area contributed by atoms with Crippen molar-refractivity contribution in [2.45, 2.75) is 22.6 Å². The normalized spacial score (nSPS) is 19.9. The van der Waals surface area contributed by atoms with Gasteiger partial charge in [0, 0.05) is 10.6 Å². The molecule has 1 fully saturated rings. The summed E-state index contributed by atoms with van der Waals surface area (Å²) in [4.78, 5) is 29.5. The van der Waals surface area contributed by atoms with Gasteiger partial charge in [-0.3, -0.25) is 4.79 Å². The number of esters is 1. The Labute approximate surface area is 198 Å². The van der Waals surface area contributed by atoms with Gasteiger partial charge in [0.2, 0.25) is 4.75 Å². The summed E-state index contributed by atoms with van der Waals surface area (Å²) in [6, 6.07) is 26.0. The summed E-state index contributed by atoms with van der Waals surface area (Å²) in [6.07, 6.45) is 3.85. The fraction of sp³-hybridized carbons (Fsp3) is 0.185. The van der Waals surface area contributed by atoms with E-state index in [-0.39, 0.29) is 12.5 Å². The monoisotopic (exact) mass is 459 g/mol. The van der Waals surface area contributed by atoms with Crippen LogP contribution in [0.25, 0.3) is 6.08 Å². The van der Waals surface area contributed by atoms with Crippen LogP contribution in [-0.2, 0) is 14.3 Å². The van der Waals surface area contributed by atoms with Crippen molar-refractivity contribution < 1.29 is 19.1 Å². The molecular weight excluding hydrogens is 434 g/mol. The van der Waals surface area contributed by atoms with Crippen LogP contribution in [0.5, 0.6) is 5.75 Å². The highest BCUT2D eigenvalue weighted by molar-refractivity contribution is 8.02. The number of rotatable bonds is 8. The highest BCUT2D eigenvalue weighted by Gasteiger charge is 2.67. The van der Waals surface area contributed by atoms with Gasteiger partial charge >= 0.3 is 5.97 Å². The topological polar surface area (TPSA) is 55.8 Å². The molecule has 0 spiro atoms. The standard InChI is InChI=1S/C27H25NO4S/c1-3-32-26(30)27(33-23-12-8-5-9-13-23)24(19-14-20-10-6-4-7-11-20)28(25(27)29)21-15-17-22(31-2)18-16-21/h4-19,24H,3H2,1-2H3/b19-14+/t24-,27-/m1/s1. The number of anilines is 1. The van der Waals surface area contributed by atoms with Crippen molar-refractivity contribution in [1.29, 1.82) is 0 Å². The van der Waals surface area contributed by atoms with Crippen molar-refractivity contribution in [1.82, 2.24) is 0 Å². The van der Waals surface area contributed by atoms with Gasteiger partial charge in [-0.1, -0.05) is 72.4 Å². The summed E-state index contributed by atoms with van der Waals surface area (Å²) in [5.41, 5.74) is 1.67. The summed E-state index contributed by atoms with van der Waals surface area (Å²) >= 11 is 1.24. The lowest BCUT2D eigenvalue weighted by Crippen LogP contribution is -2.75. The van der Waals surface area contributed by atoms with E-state index in [1.165, 1.54) is 11.8 Å². The number of hydrogen-bond donors (Lipinski definition) is 0. The highest BCUT2D eigenvalue weighted by atomic mass is 32.2. The minimum atomic E-state index is -1.41. The number of benzene rings is 3. The van der Waals surface area contributed by atoms with Crippen LogP contribution in [0.15, 0.2) is 95.9 Å². The SMILES string of the molecule is CCOC(=O)[C@]1(Sc2ccccc2)C(=O)N(c2ccc(OC)cc2)[C@@H]1/C=C/c1ccccc1. The molecule has 0 bridgehead atoms. The molecule has 1 aliphatic heterocycles. The van der Waals surface area contributed by atoms with Crippen molar-refractivity contribution in [3.05, 3.63) is 96.6 Å². The largest absolute Gasteiger partial charge is 0.497 e. The van der Waals surface area contributed by atoms with Crippen LogP contribution in [0.1, 0.15) is 12.5 Å². The smallest absolute Gasteiger partial charge is 0.334 e. The summed E-state index contributed by atoms with van der Waals surface area (Å²) in [5.74, 6) is -0.141. The predicted molar refractivity (Wildman–Crippen MR) is 131 cm³/mol. The number of carbonyl (C=O) groups excluding carboxylic acids is 2.